The molecule has 1 aromatic rings. The Morgan fingerprint density at radius 2 is 2.13 bits per heavy atom. The van der Waals surface area contributed by atoms with Crippen LogP contribution in [0.3, 0.4) is 0 Å². The zero-order valence-corrected chi connectivity index (χ0v) is 8.81. The Balaban J connectivity index is 2.18. The Bertz CT molecular complexity index is 376. The first-order valence-corrected chi connectivity index (χ1v) is 5.15. The van der Waals surface area contributed by atoms with E-state index in [1.165, 1.54) is 11.1 Å². The zero-order valence-electron chi connectivity index (χ0n) is 8.81. The number of carbonyl (C=O) groups is 1. The molecular weight excluding hydrogens is 190 g/mol. The number of nitrogens with zero attached hydrogens (tertiary/aromatic N) is 1. The van der Waals surface area contributed by atoms with E-state index in [2.05, 4.69) is 17.0 Å². The van der Waals surface area contributed by atoms with Crippen LogP contribution in [-0.4, -0.2) is 29.1 Å². The minimum absolute atomic E-state index is 0.136. The molecule has 0 saturated carbocycles. The molecule has 2 rings (SSSR count). The van der Waals surface area contributed by atoms with Gasteiger partial charge in [0.05, 0.1) is 6.42 Å². The summed E-state index contributed by atoms with van der Waals surface area (Å²) in [5, 5.41) is 8.80. The van der Waals surface area contributed by atoms with Crippen LogP contribution in [0.15, 0.2) is 24.3 Å². The lowest BCUT2D eigenvalue weighted by Gasteiger charge is -2.33. The highest BCUT2D eigenvalue weighted by Crippen LogP contribution is 2.23. The molecule has 3 nitrogen and oxygen atoms in total. The third-order valence-electron chi connectivity index (χ3n) is 3.03. The van der Waals surface area contributed by atoms with Crippen LogP contribution in [0.1, 0.15) is 17.5 Å². The molecule has 1 aliphatic rings. The van der Waals surface area contributed by atoms with E-state index in [1.54, 1.807) is 0 Å². The number of hydrogen-bond donors (Lipinski definition) is 1. The van der Waals surface area contributed by atoms with Crippen LogP contribution in [0.2, 0.25) is 0 Å². The average molecular weight is 205 g/mol. The van der Waals surface area contributed by atoms with Crippen molar-refractivity contribution in [1.82, 2.24) is 4.90 Å². The smallest absolute Gasteiger partial charge is 0.304 e. The summed E-state index contributed by atoms with van der Waals surface area (Å²) >= 11 is 0. The molecule has 1 atom stereocenters. The fraction of sp³-hybridized carbons (Fsp3) is 0.417. The fourth-order valence-corrected chi connectivity index (χ4v) is 2.15. The maximum Gasteiger partial charge on any atom is 0.304 e. The quantitative estimate of drug-likeness (QED) is 0.795. The molecule has 80 valence electrons. The highest BCUT2D eigenvalue weighted by Gasteiger charge is 2.24. The van der Waals surface area contributed by atoms with E-state index in [0.717, 1.165) is 13.0 Å². The van der Waals surface area contributed by atoms with Gasteiger partial charge >= 0.3 is 5.97 Å². The predicted octanol–water partition coefficient (Wildman–Crippen LogP) is 1.52. The van der Waals surface area contributed by atoms with Gasteiger partial charge in [0, 0.05) is 12.6 Å². The maximum absolute atomic E-state index is 10.7. The largest absolute Gasteiger partial charge is 0.481 e. The van der Waals surface area contributed by atoms with Gasteiger partial charge in [0.25, 0.3) is 0 Å². The third-order valence-corrected chi connectivity index (χ3v) is 3.03. The third kappa shape index (κ3) is 2.18. The number of benzene rings is 1. The van der Waals surface area contributed by atoms with Gasteiger partial charge in [-0.1, -0.05) is 24.3 Å². The summed E-state index contributed by atoms with van der Waals surface area (Å²) in [6.45, 7) is 0.855. The van der Waals surface area contributed by atoms with E-state index in [1.807, 2.05) is 19.2 Å². The van der Waals surface area contributed by atoms with Gasteiger partial charge in [0.15, 0.2) is 0 Å². The molecule has 0 amide bonds. The topological polar surface area (TPSA) is 40.5 Å². The Hall–Kier alpha value is -1.35. The highest BCUT2D eigenvalue weighted by molar-refractivity contribution is 5.67. The van der Waals surface area contributed by atoms with Crippen molar-refractivity contribution in [3.8, 4) is 0 Å². The van der Waals surface area contributed by atoms with Crippen molar-refractivity contribution < 1.29 is 9.90 Å². The van der Waals surface area contributed by atoms with Crippen LogP contribution in [0.5, 0.6) is 0 Å². The van der Waals surface area contributed by atoms with Gasteiger partial charge in [0.1, 0.15) is 0 Å². The van der Waals surface area contributed by atoms with Crippen LogP contribution in [0, 0.1) is 0 Å². The Kier molecular flexibility index (Phi) is 2.73. The first kappa shape index (κ1) is 10.2. The number of likely N-dealkylation sites (N-methyl/N-ethyl adjacent to an activating group) is 1. The number of fused-ring (bicyclic) bond motifs is 1. The van der Waals surface area contributed by atoms with Crippen molar-refractivity contribution in [2.45, 2.75) is 25.4 Å². The summed E-state index contributed by atoms with van der Waals surface area (Å²) in [5.74, 6) is -0.716. The summed E-state index contributed by atoms with van der Waals surface area (Å²) in [4.78, 5) is 12.8. The molecule has 1 aliphatic heterocycles. The van der Waals surface area contributed by atoms with Crippen molar-refractivity contribution in [1.29, 1.82) is 0 Å². The number of aliphatic carboxylic acids is 1. The molecule has 0 fully saturated rings. The van der Waals surface area contributed by atoms with E-state index < -0.39 is 5.97 Å². The van der Waals surface area contributed by atoms with Crippen molar-refractivity contribution >= 4 is 5.97 Å². The normalized spacial score (nSPS) is 21.0. The minimum Gasteiger partial charge on any atom is -0.481 e. The van der Waals surface area contributed by atoms with Gasteiger partial charge in [0.2, 0.25) is 0 Å². The minimum atomic E-state index is -0.716. The molecule has 3 heteroatoms. The summed E-state index contributed by atoms with van der Waals surface area (Å²) in [6.07, 6.45) is 1.07. The number of carboxylic acid groups (broad SMARTS) is 1. The van der Waals surface area contributed by atoms with Crippen LogP contribution in [-0.2, 0) is 17.8 Å². The molecule has 15 heavy (non-hydrogen) atoms. The zero-order chi connectivity index (χ0) is 10.8. The lowest BCUT2D eigenvalue weighted by Crippen LogP contribution is -2.38. The molecule has 1 aromatic carbocycles. The van der Waals surface area contributed by atoms with Crippen molar-refractivity contribution in [2.24, 2.45) is 0 Å². The van der Waals surface area contributed by atoms with E-state index >= 15 is 0 Å². The molecule has 1 N–H and O–H groups in total. The summed E-state index contributed by atoms with van der Waals surface area (Å²) in [5.41, 5.74) is 2.61. The van der Waals surface area contributed by atoms with Crippen LogP contribution >= 0.6 is 0 Å². The SMILES string of the molecule is CN1Cc2ccccc2C[C@H]1CC(=O)O. The first-order chi connectivity index (χ1) is 7.16. The molecule has 0 bridgehead atoms. The summed E-state index contributed by atoms with van der Waals surface area (Å²) in [6, 6.07) is 8.39. The molecule has 0 saturated heterocycles. The molecule has 0 unspecified atom stereocenters. The predicted molar refractivity (Wildman–Crippen MR) is 57.7 cm³/mol. The monoisotopic (exact) mass is 205 g/mol. The van der Waals surface area contributed by atoms with Crippen LogP contribution in [0.4, 0.5) is 0 Å². The number of rotatable bonds is 2. The molecule has 1 heterocycles. The molecule has 0 radical (unpaired) electrons. The second kappa shape index (κ2) is 4.03. The van der Waals surface area contributed by atoms with Crippen molar-refractivity contribution in [3.05, 3.63) is 35.4 Å². The lowest BCUT2D eigenvalue weighted by molar-refractivity contribution is -0.138. The lowest BCUT2D eigenvalue weighted by atomic mass is 9.93. The van der Waals surface area contributed by atoms with Crippen molar-refractivity contribution in [3.63, 3.8) is 0 Å². The number of hydrogen-bond acceptors (Lipinski definition) is 2. The molecule has 0 spiro atoms. The Labute approximate surface area is 89.3 Å². The average Bonchev–Trinajstić information content (AvgIpc) is 2.18. The first-order valence-electron chi connectivity index (χ1n) is 5.15. The van der Waals surface area contributed by atoms with Gasteiger partial charge in [-0.15, -0.1) is 0 Å². The fourth-order valence-electron chi connectivity index (χ4n) is 2.15. The standard InChI is InChI=1S/C12H15NO2/c1-13-8-10-5-3-2-4-9(10)6-11(13)7-12(14)15/h2-5,11H,6-8H2,1H3,(H,14,15)/t11-/m0/s1. The second-order valence-corrected chi connectivity index (χ2v) is 4.14. The number of carboxylic acids is 1. The van der Waals surface area contributed by atoms with Gasteiger partial charge in [-0.25, -0.2) is 0 Å². The van der Waals surface area contributed by atoms with Gasteiger partial charge in [-0.2, -0.15) is 0 Å². The van der Waals surface area contributed by atoms with Gasteiger partial charge in [-0.3, -0.25) is 9.69 Å². The Morgan fingerprint density at radius 3 is 2.80 bits per heavy atom. The van der Waals surface area contributed by atoms with E-state index in [4.69, 9.17) is 5.11 Å². The van der Waals surface area contributed by atoms with Crippen molar-refractivity contribution in [2.75, 3.05) is 7.05 Å². The van der Waals surface area contributed by atoms with Crippen LogP contribution in [0.25, 0.3) is 0 Å². The molecular formula is C12H15NO2. The van der Waals surface area contributed by atoms with E-state index in [-0.39, 0.29) is 12.5 Å². The Morgan fingerprint density at radius 1 is 1.47 bits per heavy atom. The van der Waals surface area contributed by atoms with Crippen LogP contribution < -0.4 is 0 Å². The molecule has 0 aliphatic carbocycles. The van der Waals surface area contributed by atoms with E-state index in [0.29, 0.717) is 0 Å². The second-order valence-electron chi connectivity index (χ2n) is 4.14. The van der Waals surface area contributed by atoms with E-state index in [9.17, 15) is 4.79 Å². The highest BCUT2D eigenvalue weighted by atomic mass is 16.4. The summed E-state index contributed by atoms with van der Waals surface area (Å²) in [7, 11) is 1.99. The maximum atomic E-state index is 10.7. The molecule has 0 aromatic heterocycles. The van der Waals surface area contributed by atoms with Gasteiger partial charge < -0.3 is 5.11 Å². The summed E-state index contributed by atoms with van der Waals surface area (Å²) < 4.78 is 0. The van der Waals surface area contributed by atoms with Gasteiger partial charge in [-0.05, 0) is 24.6 Å².